The van der Waals surface area contributed by atoms with Gasteiger partial charge < -0.3 is 39.8 Å². The second kappa shape index (κ2) is 21.8. The molecule has 1 aromatic heterocycles. The molecule has 0 bridgehead atoms. The molecule has 1 saturated heterocycles. The number of benzene rings is 1. The van der Waals surface area contributed by atoms with Crippen LogP contribution in [0.15, 0.2) is 29.8 Å². The van der Waals surface area contributed by atoms with Gasteiger partial charge in [-0.3, -0.25) is 14.4 Å². The number of hydrogen-bond donors (Lipinski definition) is 3. The molecule has 52 heavy (non-hydrogen) atoms. The normalized spacial score (nSPS) is 15.6. The number of carbonyl (C=O) groups is 4. The fourth-order valence-corrected chi connectivity index (χ4v) is 6.17. The van der Waals surface area contributed by atoms with E-state index in [1.54, 1.807) is 37.0 Å². The van der Waals surface area contributed by atoms with Crippen molar-refractivity contribution >= 4 is 35.2 Å². The Hall–Kier alpha value is -3.59. The maximum atomic E-state index is 13.8. The van der Waals surface area contributed by atoms with Gasteiger partial charge in [0.2, 0.25) is 17.7 Å². The molecule has 1 fully saturated rings. The molecule has 1 aromatic carbocycles. The molecule has 0 radical (unpaired) electrons. The minimum atomic E-state index is -0.842. The summed E-state index contributed by atoms with van der Waals surface area (Å²) in [5.74, 6) is -0.925. The number of amides is 4. The molecule has 0 spiro atoms. The van der Waals surface area contributed by atoms with Crippen molar-refractivity contribution in [2.75, 3.05) is 52.7 Å². The van der Waals surface area contributed by atoms with E-state index >= 15 is 0 Å². The lowest BCUT2D eigenvalue weighted by atomic mass is 9.85. The number of thiazole rings is 1. The number of rotatable bonds is 17. The first-order chi connectivity index (χ1) is 24.6. The van der Waals surface area contributed by atoms with Crippen LogP contribution in [0.5, 0.6) is 0 Å². The lowest BCUT2D eigenvalue weighted by Crippen LogP contribution is -2.58. The fourth-order valence-electron chi connectivity index (χ4n) is 5.36. The molecule has 1 aliphatic heterocycles. The zero-order valence-electron chi connectivity index (χ0n) is 32.8. The summed E-state index contributed by atoms with van der Waals surface area (Å²) in [5, 5.41) is 8.54. The zero-order chi connectivity index (χ0) is 38.9. The molecule has 3 N–H and O–H groups in total. The van der Waals surface area contributed by atoms with Gasteiger partial charge in [0.05, 0.1) is 55.2 Å². The summed E-state index contributed by atoms with van der Waals surface area (Å²) in [6.45, 7) is 20.9. The van der Waals surface area contributed by atoms with Crippen LogP contribution in [0.25, 0.3) is 10.4 Å². The largest absolute Gasteiger partial charge is 0.444 e. The first-order valence-corrected chi connectivity index (χ1v) is 19.1. The monoisotopic (exact) mass is 747 g/mol. The van der Waals surface area contributed by atoms with E-state index in [9.17, 15) is 19.2 Å². The van der Waals surface area contributed by atoms with Crippen molar-refractivity contribution in [2.45, 2.75) is 106 Å². The number of likely N-dealkylation sites (tertiary alicyclic amines) is 1. The second-order valence-corrected chi connectivity index (χ2v) is 15.2. The minimum absolute atomic E-state index is 0.182. The Morgan fingerprint density at radius 3 is 2.12 bits per heavy atom. The van der Waals surface area contributed by atoms with Crippen LogP contribution in [0.2, 0.25) is 0 Å². The molecule has 1 aliphatic rings. The number of alkyl carbamates (subject to hydrolysis) is 1. The van der Waals surface area contributed by atoms with Crippen LogP contribution in [0.1, 0.15) is 92.5 Å². The van der Waals surface area contributed by atoms with Gasteiger partial charge in [0, 0.05) is 13.1 Å². The van der Waals surface area contributed by atoms with Crippen molar-refractivity contribution in [1.82, 2.24) is 25.8 Å². The molecule has 0 saturated carbocycles. The molecule has 4 amide bonds. The number of aryl methyl sites for hydroxylation is 1. The highest BCUT2D eigenvalue weighted by molar-refractivity contribution is 7.13. The summed E-state index contributed by atoms with van der Waals surface area (Å²) < 4.78 is 21.5. The third-order valence-electron chi connectivity index (χ3n) is 7.93. The predicted octanol–water partition coefficient (Wildman–Crippen LogP) is 5.42. The molecule has 292 valence electrons. The van der Waals surface area contributed by atoms with Crippen molar-refractivity contribution in [1.29, 1.82) is 0 Å². The fraction of sp³-hybridized carbons (Fsp3) is 0.658. The van der Waals surface area contributed by atoms with Crippen molar-refractivity contribution < 1.29 is 38.1 Å². The molecule has 3 atom stereocenters. The van der Waals surface area contributed by atoms with Crippen molar-refractivity contribution in [2.24, 2.45) is 5.41 Å². The Bertz CT molecular complexity index is 1400. The third-order valence-corrected chi connectivity index (χ3v) is 8.90. The highest BCUT2D eigenvalue weighted by atomic mass is 32.1. The van der Waals surface area contributed by atoms with Gasteiger partial charge in [-0.05, 0) is 64.0 Å². The van der Waals surface area contributed by atoms with E-state index in [1.165, 1.54) is 0 Å². The Morgan fingerprint density at radius 1 is 0.923 bits per heavy atom. The Morgan fingerprint density at radius 2 is 1.54 bits per heavy atom. The summed E-state index contributed by atoms with van der Waals surface area (Å²) in [7, 11) is 0. The van der Waals surface area contributed by atoms with Crippen LogP contribution in [-0.2, 0) is 33.3 Å². The average molecular weight is 748 g/mol. The SMILES string of the molecule is CC.Cc1ncsc1-c1ccc(C(C)NC(=O)C2CCCN2C(=O)C(NC(=O)COCCOCCOCCNC(=O)OC(C)(C)C)C(C)(C)C)cc1. The molecule has 13 nitrogen and oxygen atoms in total. The second-order valence-electron chi connectivity index (χ2n) is 14.4. The van der Waals surface area contributed by atoms with Gasteiger partial charge in [0.25, 0.3) is 0 Å². The van der Waals surface area contributed by atoms with Crippen LogP contribution in [-0.4, -0.2) is 104 Å². The topological polar surface area (TPSA) is 157 Å². The van der Waals surface area contributed by atoms with Gasteiger partial charge in [-0.15, -0.1) is 11.3 Å². The predicted molar refractivity (Wildman–Crippen MR) is 203 cm³/mol. The Kier molecular flexibility index (Phi) is 18.7. The summed E-state index contributed by atoms with van der Waals surface area (Å²) in [6, 6.07) is 6.35. The van der Waals surface area contributed by atoms with Crippen LogP contribution < -0.4 is 16.0 Å². The van der Waals surface area contributed by atoms with E-state index in [-0.39, 0.29) is 37.7 Å². The number of nitrogens with one attached hydrogen (secondary N) is 3. The van der Waals surface area contributed by atoms with E-state index in [1.807, 2.05) is 78.2 Å². The maximum absolute atomic E-state index is 13.8. The summed E-state index contributed by atoms with van der Waals surface area (Å²) in [5.41, 5.74) is 3.70. The lowest BCUT2D eigenvalue weighted by Gasteiger charge is -2.35. The van der Waals surface area contributed by atoms with Crippen LogP contribution in [0.4, 0.5) is 4.79 Å². The third kappa shape index (κ3) is 15.2. The molecular formula is C38H61N5O8S. The van der Waals surface area contributed by atoms with Crippen molar-refractivity contribution in [3.8, 4) is 10.4 Å². The first-order valence-electron chi connectivity index (χ1n) is 18.2. The summed E-state index contributed by atoms with van der Waals surface area (Å²) in [6.07, 6.45) is 0.755. The van der Waals surface area contributed by atoms with Gasteiger partial charge in [-0.1, -0.05) is 58.9 Å². The molecule has 14 heteroatoms. The Balaban J connectivity index is 0.00000460. The molecule has 2 heterocycles. The van der Waals surface area contributed by atoms with Gasteiger partial charge in [-0.25, -0.2) is 9.78 Å². The number of aromatic nitrogens is 1. The van der Waals surface area contributed by atoms with Crippen molar-refractivity contribution in [3.63, 3.8) is 0 Å². The summed E-state index contributed by atoms with van der Waals surface area (Å²) in [4.78, 5) is 58.8. The minimum Gasteiger partial charge on any atom is -0.444 e. The molecule has 3 rings (SSSR count). The van der Waals surface area contributed by atoms with Gasteiger partial charge in [0.1, 0.15) is 24.3 Å². The molecule has 3 unspecified atom stereocenters. The van der Waals surface area contributed by atoms with E-state index in [0.717, 1.165) is 21.7 Å². The maximum Gasteiger partial charge on any atom is 0.407 e. The average Bonchev–Trinajstić information content (AvgIpc) is 3.75. The summed E-state index contributed by atoms with van der Waals surface area (Å²) >= 11 is 1.59. The van der Waals surface area contributed by atoms with Gasteiger partial charge >= 0.3 is 6.09 Å². The van der Waals surface area contributed by atoms with Crippen LogP contribution in [0, 0.1) is 12.3 Å². The standard InChI is InChI=1S/C36H55N5O8S.C2H6/c1-24(26-11-13-27(14-12-26)30-25(2)38-23-50-30)39-32(43)28-10-9-16-41(28)33(44)31(35(3,4)5)40-29(42)22-48-21-20-47-19-18-46-17-15-37-34(45)49-36(6,7)8;1-2/h11-14,23-24,28,31H,9-10,15-22H2,1-8H3,(H,37,45)(H,39,43)(H,40,42);1-2H3. The smallest absolute Gasteiger partial charge is 0.407 e. The van der Waals surface area contributed by atoms with E-state index in [2.05, 4.69) is 20.9 Å². The van der Waals surface area contributed by atoms with Gasteiger partial charge in [-0.2, -0.15) is 0 Å². The number of carbonyl (C=O) groups excluding carboxylic acids is 4. The molecular weight excluding hydrogens is 687 g/mol. The quantitative estimate of drug-likeness (QED) is 0.180. The van der Waals surface area contributed by atoms with Crippen molar-refractivity contribution in [3.05, 3.63) is 41.0 Å². The Labute approximate surface area is 313 Å². The lowest BCUT2D eigenvalue weighted by molar-refractivity contribution is -0.144. The first kappa shape index (κ1) is 44.6. The number of ether oxygens (including phenoxy) is 4. The van der Waals surface area contributed by atoms with E-state index < -0.39 is 35.1 Å². The molecule has 0 aliphatic carbocycles. The highest BCUT2D eigenvalue weighted by Gasteiger charge is 2.42. The van der Waals surface area contributed by atoms with E-state index in [4.69, 9.17) is 18.9 Å². The van der Waals surface area contributed by atoms with Crippen LogP contribution >= 0.6 is 11.3 Å². The van der Waals surface area contributed by atoms with E-state index in [0.29, 0.717) is 45.8 Å². The number of hydrogen-bond acceptors (Lipinski definition) is 10. The van der Waals surface area contributed by atoms with Crippen LogP contribution in [0.3, 0.4) is 0 Å². The zero-order valence-corrected chi connectivity index (χ0v) is 33.6. The number of nitrogens with zero attached hydrogens (tertiary/aromatic N) is 2. The van der Waals surface area contributed by atoms with Gasteiger partial charge in [0.15, 0.2) is 0 Å². The molecule has 2 aromatic rings. The highest BCUT2D eigenvalue weighted by Crippen LogP contribution is 2.29.